The smallest absolute Gasteiger partial charge is 0.312 e. The Bertz CT molecular complexity index is 421. The number of nitrogens with two attached hydrogens (primary N) is 2. The van der Waals surface area contributed by atoms with Crippen LogP contribution in [0, 0.1) is 0 Å². The molecule has 7 heteroatoms. The van der Waals surface area contributed by atoms with Crippen molar-refractivity contribution >= 4 is 11.9 Å². The van der Waals surface area contributed by atoms with Gasteiger partial charge in [0, 0.05) is 19.6 Å². The van der Waals surface area contributed by atoms with Crippen LogP contribution < -0.4 is 22.1 Å². The lowest BCUT2D eigenvalue weighted by atomic mass is 9.98. The van der Waals surface area contributed by atoms with Crippen LogP contribution in [0.15, 0.2) is 35.5 Å². The third-order valence-electron chi connectivity index (χ3n) is 2.62. The lowest BCUT2D eigenvalue weighted by Crippen LogP contribution is -2.38. The van der Waals surface area contributed by atoms with Gasteiger partial charge in [0.25, 0.3) is 0 Å². The summed E-state index contributed by atoms with van der Waals surface area (Å²) in [6.45, 7) is 1.47. The molecule has 1 aromatic carbocycles. The van der Waals surface area contributed by atoms with Crippen molar-refractivity contribution in [3.8, 4) is 0 Å². The zero-order valence-corrected chi connectivity index (χ0v) is 10.5. The van der Waals surface area contributed by atoms with Crippen molar-refractivity contribution in [1.29, 1.82) is 0 Å². The number of urea groups is 1. The summed E-state index contributed by atoms with van der Waals surface area (Å²) >= 11 is 0. The molecule has 1 rings (SSSR count). The zero-order valence-electron chi connectivity index (χ0n) is 10.5. The Kier molecular flexibility index (Phi) is 6.17. The lowest BCUT2D eigenvalue weighted by molar-refractivity contribution is 0.249. The van der Waals surface area contributed by atoms with Gasteiger partial charge >= 0.3 is 6.03 Å². The van der Waals surface area contributed by atoms with Gasteiger partial charge < -0.3 is 27.3 Å². The Morgan fingerprint density at radius 1 is 1.26 bits per heavy atom. The maximum Gasteiger partial charge on any atom is 0.312 e. The predicted octanol–water partition coefficient (Wildman–Crippen LogP) is -0.225. The number of benzene rings is 1. The average molecular weight is 265 g/mol. The first kappa shape index (κ1) is 14.8. The van der Waals surface area contributed by atoms with Crippen LogP contribution in [0.2, 0.25) is 0 Å². The van der Waals surface area contributed by atoms with Crippen molar-refractivity contribution in [1.82, 2.24) is 10.6 Å². The summed E-state index contributed by atoms with van der Waals surface area (Å²) in [6, 6.07) is 8.94. The Morgan fingerprint density at radius 2 is 1.95 bits per heavy atom. The van der Waals surface area contributed by atoms with E-state index in [1.807, 2.05) is 30.3 Å². The molecule has 104 valence electrons. The zero-order chi connectivity index (χ0) is 14.1. The van der Waals surface area contributed by atoms with Crippen LogP contribution in [0.25, 0.3) is 0 Å². The normalized spacial score (nSPS) is 12.9. The fourth-order valence-corrected chi connectivity index (χ4v) is 1.67. The van der Waals surface area contributed by atoms with Crippen LogP contribution in [-0.4, -0.2) is 36.7 Å². The molecule has 1 unspecified atom stereocenters. The van der Waals surface area contributed by atoms with E-state index in [0.717, 1.165) is 5.56 Å². The van der Waals surface area contributed by atoms with E-state index in [0.29, 0.717) is 19.6 Å². The minimum atomic E-state index is -0.558. The molecule has 19 heavy (non-hydrogen) atoms. The molecular formula is C12H19N5O2. The van der Waals surface area contributed by atoms with E-state index in [1.165, 1.54) is 0 Å². The minimum absolute atomic E-state index is 0.140. The van der Waals surface area contributed by atoms with Gasteiger partial charge in [0.2, 0.25) is 0 Å². The molecule has 7 nitrogen and oxygen atoms in total. The Balaban J connectivity index is 2.50. The summed E-state index contributed by atoms with van der Waals surface area (Å²) in [5, 5.41) is 17.4. The average Bonchev–Trinajstić information content (AvgIpc) is 2.42. The fourth-order valence-electron chi connectivity index (χ4n) is 1.67. The van der Waals surface area contributed by atoms with Crippen molar-refractivity contribution in [2.24, 2.45) is 16.6 Å². The van der Waals surface area contributed by atoms with Gasteiger partial charge in [-0.1, -0.05) is 35.5 Å². The second kappa shape index (κ2) is 7.93. The molecule has 0 radical (unpaired) electrons. The van der Waals surface area contributed by atoms with Crippen LogP contribution >= 0.6 is 0 Å². The standard InChI is InChI=1S/C12H19N5O2/c13-11(17-19)10(9-4-2-1-3-5-9)8-15-6-7-16-12(14)18/h1-5,10,15,19H,6-8H2,(H2,13,17)(H3,14,16,18). The molecule has 0 bridgehead atoms. The molecule has 0 spiro atoms. The molecule has 0 aromatic heterocycles. The number of primary amides is 1. The number of nitrogens with zero attached hydrogens (tertiary/aromatic N) is 1. The second-order valence-corrected chi connectivity index (χ2v) is 3.98. The molecule has 0 aliphatic rings. The topological polar surface area (TPSA) is 126 Å². The third kappa shape index (κ3) is 5.26. The maximum absolute atomic E-state index is 10.5. The Hall–Kier alpha value is -2.28. The quantitative estimate of drug-likeness (QED) is 0.153. The Labute approximate surface area is 111 Å². The summed E-state index contributed by atoms with van der Waals surface area (Å²) in [6.07, 6.45) is 0. The molecule has 1 aromatic rings. The van der Waals surface area contributed by atoms with E-state index in [9.17, 15) is 4.79 Å². The van der Waals surface area contributed by atoms with E-state index in [1.54, 1.807) is 0 Å². The van der Waals surface area contributed by atoms with E-state index >= 15 is 0 Å². The van der Waals surface area contributed by atoms with Gasteiger partial charge in [0.15, 0.2) is 0 Å². The number of amides is 2. The van der Waals surface area contributed by atoms with Crippen LogP contribution in [0.4, 0.5) is 4.79 Å². The number of carbonyl (C=O) groups is 1. The minimum Gasteiger partial charge on any atom is -0.409 e. The summed E-state index contributed by atoms with van der Waals surface area (Å²) in [5.41, 5.74) is 11.6. The number of nitrogens with one attached hydrogen (secondary N) is 2. The molecule has 1 atom stereocenters. The third-order valence-corrected chi connectivity index (χ3v) is 2.62. The van der Waals surface area contributed by atoms with Crippen molar-refractivity contribution in [2.75, 3.05) is 19.6 Å². The number of hydrogen-bond acceptors (Lipinski definition) is 4. The highest BCUT2D eigenvalue weighted by molar-refractivity contribution is 5.87. The first-order chi connectivity index (χ1) is 9.15. The highest BCUT2D eigenvalue weighted by Gasteiger charge is 2.15. The largest absolute Gasteiger partial charge is 0.409 e. The first-order valence-electron chi connectivity index (χ1n) is 5.91. The monoisotopic (exact) mass is 265 g/mol. The van der Waals surface area contributed by atoms with Gasteiger partial charge in [-0.2, -0.15) is 0 Å². The summed E-state index contributed by atoms with van der Waals surface area (Å²) < 4.78 is 0. The fraction of sp³-hybridized carbons (Fsp3) is 0.333. The van der Waals surface area contributed by atoms with Gasteiger partial charge in [0.05, 0.1) is 5.92 Å². The first-order valence-corrected chi connectivity index (χ1v) is 5.91. The van der Waals surface area contributed by atoms with Gasteiger partial charge in [-0.3, -0.25) is 0 Å². The second-order valence-electron chi connectivity index (χ2n) is 3.98. The van der Waals surface area contributed by atoms with Crippen LogP contribution in [-0.2, 0) is 0 Å². The van der Waals surface area contributed by atoms with E-state index in [4.69, 9.17) is 16.7 Å². The van der Waals surface area contributed by atoms with Gasteiger partial charge in [-0.15, -0.1) is 0 Å². The number of hydrogen-bond donors (Lipinski definition) is 5. The van der Waals surface area contributed by atoms with E-state index < -0.39 is 6.03 Å². The molecule has 0 saturated heterocycles. The lowest BCUT2D eigenvalue weighted by Gasteiger charge is -2.16. The van der Waals surface area contributed by atoms with Crippen LogP contribution in [0.3, 0.4) is 0 Å². The van der Waals surface area contributed by atoms with Gasteiger partial charge in [0.1, 0.15) is 5.84 Å². The summed E-state index contributed by atoms with van der Waals surface area (Å²) in [5.74, 6) is -0.0821. The van der Waals surface area contributed by atoms with Gasteiger partial charge in [-0.05, 0) is 5.56 Å². The molecule has 7 N–H and O–H groups in total. The number of amidine groups is 1. The molecule has 0 fully saturated rings. The molecule has 0 heterocycles. The van der Waals surface area contributed by atoms with Crippen LogP contribution in [0.5, 0.6) is 0 Å². The van der Waals surface area contributed by atoms with Crippen molar-refractivity contribution < 1.29 is 10.0 Å². The number of oxime groups is 1. The van der Waals surface area contributed by atoms with Crippen molar-refractivity contribution in [2.45, 2.75) is 5.92 Å². The van der Waals surface area contributed by atoms with Crippen LogP contribution in [0.1, 0.15) is 11.5 Å². The molecular weight excluding hydrogens is 246 g/mol. The number of rotatable bonds is 7. The summed E-state index contributed by atoms with van der Waals surface area (Å²) in [4.78, 5) is 10.5. The van der Waals surface area contributed by atoms with Crippen molar-refractivity contribution in [3.63, 3.8) is 0 Å². The Morgan fingerprint density at radius 3 is 2.53 bits per heavy atom. The van der Waals surface area contributed by atoms with Crippen molar-refractivity contribution in [3.05, 3.63) is 35.9 Å². The van der Waals surface area contributed by atoms with E-state index in [2.05, 4.69) is 15.8 Å². The molecule has 0 saturated carbocycles. The molecule has 2 amide bonds. The molecule has 0 aliphatic heterocycles. The van der Waals surface area contributed by atoms with E-state index in [-0.39, 0.29) is 11.8 Å². The summed E-state index contributed by atoms with van der Waals surface area (Å²) in [7, 11) is 0. The highest BCUT2D eigenvalue weighted by atomic mass is 16.4. The predicted molar refractivity (Wildman–Crippen MR) is 73.0 cm³/mol. The van der Waals surface area contributed by atoms with Gasteiger partial charge in [-0.25, -0.2) is 4.79 Å². The maximum atomic E-state index is 10.5. The SMILES string of the molecule is NC(=O)NCCNCC(/C(N)=N/O)c1ccccc1. The number of carbonyl (C=O) groups excluding carboxylic acids is 1. The molecule has 0 aliphatic carbocycles. The highest BCUT2D eigenvalue weighted by Crippen LogP contribution is 2.14.